The van der Waals surface area contributed by atoms with Gasteiger partial charge in [0.25, 0.3) is 0 Å². The van der Waals surface area contributed by atoms with Crippen LogP contribution in [0.25, 0.3) is 11.0 Å². The van der Waals surface area contributed by atoms with E-state index in [1.54, 1.807) is 6.20 Å². The molecule has 4 rings (SSSR count). The summed E-state index contributed by atoms with van der Waals surface area (Å²) in [4.78, 5) is 8.28. The molecule has 1 aliphatic rings. The summed E-state index contributed by atoms with van der Waals surface area (Å²) in [6.07, 6.45) is 9.68. The molecule has 3 aromatic rings. The maximum absolute atomic E-state index is 5.86. The minimum absolute atomic E-state index is 0.511. The van der Waals surface area contributed by atoms with Gasteiger partial charge in [-0.3, -0.25) is 5.10 Å². The fraction of sp³-hybridized carbons (Fsp3) is 0.353. The second-order valence-corrected chi connectivity index (χ2v) is 5.92. The van der Waals surface area contributed by atoms with Gasteiger partial charge in [-0.05, 0) is 37.1 Å². The Labute approximate surface area is 134 Å². The van der Waals surface area contributed by atoms with Crippen LogP contribution in [0.5, 0.6) is 11.6 Å². The van der Waals surface area contributed by atoms with E-state index >= 15 is 0 Å². The summed E-state index contributed by atoms with van der Waals surface area (Å²) >= 11 is 0. The average molecular weight is 309 g/mol. The Balaban J connectivity index is 1.46. The summed E-state index contributed by atoms with van der Waals surface area (Å²) in [6, 6.07) is 8.62. The molecule has 0 aliphatic heterocycles. The molecule has 2 N–H and O–H groups in total. The van der Waals surface area contributed by atoms with E-state index in [0.717, 1.165) is 16.8 Å². The first kappa shape index (κ1) is 14.0. The quantitative estimate of drug-likeness (QED) is 0.764. The topological polar surface area (TPSA) is 75.7 Å². The van der Waals surface area contributed by atoms with Crippen molar-refractivity contribution in [2.45, 2.75) is 38.1 Å². The van der Waals surface area contributed by atoms with E-state index in [-0.39, 0.29) is 0 Å². The van der Waals surface area contributed by atoms with E-state index in [4.69, 9.17) is 4.74 Å². The Bertz CT molecular complexity index is 777. The van der Waals surface area contributed by atoms with Crippen molar-refractivity contribution >= 4 is 16.7 Å². The molecular formula is C17H19N5O. The van der Waals surface area contributed by atoms with Gasteiger partial charge in [0.1, 0.15) is 17.5 Å². The summed E-state index contributed by atoms with van der Waals surface area (Å²) in [6.45, 7) is 0. The fourth-order valence-electron chi connectivity index (χ4n) is 3.04. The van der Waals surface area contributed by atoms with Gasteiger partial charge in [-0.2, -0.15) is 5.10 Å². The van der Waals surface area contributed by atoms with Crippen molar-refractivity contribution in [1.29, 1.82) is 0 Å². The molecule has 6 heteroatoms. The Kier molecular flexibility index (Phi) is 3.80. The predicted molar refractivity (Wildman–Crippen MR) is 88.7 cm³/mol. The highest BCUT2D eigenvalue weighted by Crippen LogP contribution is 2.27. The lowest BCUT2D eigenvalue weighted by atomic mass is 9.95. The molecule has 1 saturated carbocycles. The zero-order chi connectivity index (χ0) is 15.5. The zero-order valence-corrected chi connectivity index (χ0v) is 12.8. The van der Waals surface area contributed by atoms with Crippen molar-refractivity contribution < 1.29 is 4.74 Å². The molecule has 0 radical (unpaired) electrons. The maximum Gasteiger partial charge on any atom is 0.233 e. The Morgan fingerprint density at radius 2 is 1.87 bits per heavy atom. The van der Waals surface area contributed by atoms with Gasteiger partial charge in [0.2, 0.25) is 5.88 Å². The van der Waals surface area contributed by atoms with Crippen molar-refractivity contribution in [2.75, 3.05) is 5.32 Å². The molecule has 0 bridgehead atoms. The first-order chi connectivity index (χ1) is 11.4. The third kappa shape index (κ3) is 3.11. The number of benzene rings is 1. The molecule has 0 spiro atoms. The largest absolute Gasteiger partial charge is 0.438 e. The van der Waals surface area contributed by atoms with Crippen LogP contribution in [-0.4, -0.2) is 26.2 Å². The highest BCUT2D eigenvalue weighted by Gasteiger charge is 2.13. The Morgan fingerprint density at radius 1 is 1.04 bits per heavy atom. The summed E-state index contributed by atoms with van der Waals surface area (Å²) in [7, 11) is 0. The second kappa shape index (κ2) is 6.24. The van der Waals surface area contributed by atoms with Gasteiger partial charge in [-0.25, -0.2) is 9.97 Å². The van der Waals surface area contributed by atoms with Crippen molar-refractivity contribution in [3.63, 3.8) is 0 Å². The Hall–Kier alpha value is -2.63. The smallest absolute Gasteiger partial charge is 0.233 e. The molecule has 0 amide bonds. The van der Waals surface area contributed by atoms with E-state index in [2.05, 4.69) is 37.6 Å². The number of hydrogen-bond donors (Lipinski definition) is 2. The first-order valence-corrected chi connectivity index (χ1v) is 8.07. The highest BCUT2D eigenvalue weighted by atomic mass is 16.5. The van der Waals surface area contributed by atoms with Crippen molar-refractivity contribution in [1.82, 2.24) is 20.2 Å². The van der Waals surface area contributed by atoms with Crippen LogP contribution in [0, 0.1) is 0 Å². The normalized spacial score (nSPS) is 15.7. The molecule has 1 fully saturated rings. The van der Waals surface area contributed by atoms with Crippen LogP contribution < -0.4 is 10.1 Å². The monoisotopic (exact) mass is 309 g/mol. The highest BCUT2D eigenvalue weighted by molar-refractivity contribution is 5.79. The zero-order valence-electron chi connectivity index (χ0n) is 12.8. The van der Waals surface area contributed by atoms with E-state index in [1.807, 2.05) is 12.1 Å². The molecule has 1 aromatic carbocycles. The van der Waals surface area contributed by atoms with Gasteiger partial charge in [-0.1, -0.05) is 19.3 Å². The van der Waals surface area contributed by atoms with Gasteiger partial charge in [0, 0.05) is 11.7 Å². The van der Waals surface area contributed by atoms with Crippen molar-refractivity contribution in [3.05, 3.63) is 36.8 Å². The van der Waals surface area contributed by atoms with Crippen LogP contribution in [0.1, 0.15) is 32.1 Å². The number of rotatable bonds is 4. The molecule has 0 atom stereocenters. The molecule has 2 aromatic heterocycles. The van der Waals surface area contributed by atoms with Gasteiger partial charge >= 0.3 is 0 Å². The molecule has 0 saturated heterocycles. The van der Waals surface area contributed by atoms with Crippen LogP contribution in [0.4, 0.5) is 5.69 Å². The average Bonchev–Trinajstić information content (AvgIpc) is 3.07. The molecule has 1 aliphatic carbocycles. The van der Waals surface area contributed by atoms with E-state index in [0.29, 0.717) is 17.6 Å². The molecular weight excluding hydrogens is 290 g/mol. The number of nitrogens with zero attached hydrogens (tertiary/aromatic N) is 3. The van der Waals surface area contributed by atoms with Gasteiger partial charge < -0.3 is 10.1 Å². The number of anilines is 1. The minimum Gasteiger partial charge on any atom is -0.438 e. The number of aromatic nitrogens is 4. The molecule has 23 heavy (non-hydrogen) atoms. The Morgan fingerprint density at radius 3 is 2.70 bits per heavy atom. The lowest BCUT2D eigenvalue weighted by molar-refractivity contribution is 0.461. The fourth-order valence-corrected chi connectivity index (χ4v) is 3.04. The van der Waals surface area contributed by atoms with Crippen molar-refractivity contribution in [3.8, 4) is 11.6 Å². The van der Waals surface area contributed by atoms with Crippen molar-refractivity contribution in [2.24, 2.45) is 0 Å². The van der Waals surface area contributed by atoms with Crippen LogP contribution in [-0.2, 0) is 0 Å². The van der Waals surface area contributed by atoms with E-state index < -0.39 is 0 Å². The summed E-state index contributed by atoms with van der Waals surface area (Å²) in [5, 5.41) is 11.2. The number of H-pyrrole nitrogens is 1. The number of nitrogens with one attached hydrogen (secondary N) is 2. The predicted octanol–water partition coefficient (Wildman–Crippen LogP) is 3.89. The minimum atomic E-state index is 0.511. The summed E-state index contributed by atoms with van der Waals surface area (Å²) in [5.74, 6) is 1.26. The molecule has 2 heterocycles. The third-order valence-electron chi connectivity index (χ3n) is 4.26. The van der Waals surface area contributed by atoms with Gasteiger partial charge in [0.05, 0.1) is 6.20 Å². The van der Waals surface area contributed by atoms with Crippen LogP contribution in [0.2, 0.25) is 0 Å². The number of ether oxygens (including phenoxy) is 1. The van der Waals surface area contributed by atoms with Crippen LogP contribution in [0.3, 0.4) is 0 Å². The van der Waals surface area contributed by atoms with E-state index in [9.17, 15) is 0 Å². The number of aromatic amines is 1. The molecule has 0 unspecified atom stereocenters. The summed E-state index contributed by atoms with van der Waals surface area (Å²) < 4.78 is 5.86. The third-order valence-corrected chi connectivity index (χ3v) is 4.26. The second-order valence-electron chi connectivity index (χ2n) is 5.92. The standard InChI is InChI=1S/C17H19N5O/c1-2-4-12(5-3-1)21-13-6-8-14(9-7-13)23-17-15-10-20-22-16(15)18-11-19-17/h6-12,21H,1-5H2,(H,18,19,20,22). The SMILES string of the molecule is c1nc(Oc2ccc(NC3CCCCC3)cc2)c2cn[nH]c2n1. The number of fused-ring (bicyclic) bond motifs is 1. The van der Waals surface area contributed by atoms with Crippen LogP contribution >= 0.6 is 0 Å². The first-order valence-electron chi connectivity index (χ1n) is 8.07. The van der Waals surface area contributed by atoms with Gasteiger partial charge in [0.15, 0.2) is 5.65 Å². The van der Waals surface area contributed by atoms with E-state index in [1.165, 1.54) is 38.4 Å². The van der Waals surface area contributed by atoms with Crippen LogP contribution in [0.15, 0.2) is 36.8 Å². The molecule has 118 valence electrons. The lowest BCUT2D eigenvalue weighted by Gasteiger charge is -2.23. The number of hydrogen-bond acceptors (Lipinski definition) is 5. The molecule has 6 nitrogen and oxygen atoms in total. The lowest BCUT2D eigenvalue weighted by Crippen LogP contribution is -2.22. The summed E-state index contributed by atoms with van der Waals surface area (Å²) in [5.41, 5.74) is 1.81. The van der Waals surface area contributed by atoms with Gasteiger partial charge in [-0.15, -0.1) is 0 Å². The maximum atomic E-state index is 5.86.